The molecule has 1 aliphatic rings. The summed E-state index contributed by atoms with van der Waals surface area (Å²) in [6.07, 6.45) is 5.79. The number of nitrogens with one attached hydrogen (secondary N) is 1. The van der Waals surface area contributed by atoms with Gasteiger partial charge in [0.1, 0.15) is 11.8 Å². The quantitative estimate of drug-likeness (QED) is 0.289. The van der Waals surface area contributed by atoms with Crippen LogP contribution in [0.1, 0.15) is 57.4 Å². The fourth-order valence-corrected chi connectivity index (χ4v) is 6.47. The average molecular weight is 633 g/mol. The third-order valence-corrected chi connectivity index (χ3v) is 9.23. The van der Waals surface area contributed by atoms with Gasteiger partial charge < -0.3 is 15.0 Å². The smallest absolute Gasteiger partial charge is 0.243 e. The number of nitrogens with zero attached hydrogens (tertiary/aromatic N) is 2. The van der Waals surface area contributed by atoms with Gasteiger partial charge in [0.15, 0.2) is 0 Å². The lowest BCUT2D eigenvalue weighted by Crippen LogP contribution is -2.51. The highest BCUT2D eigenvalue weighted by Gasteiger charge is 2.31. The zero-order chi connectivity index (χ0) is 29.4. The number of amides is 2. The van der Waals surface area contributed by atoms with Crippen molar-refractivity contribution in [3.8, 4) is 5.75 Å². The van der Waals surface area contributed by atoms with E-state index < -0.39 is 16.1 Å². The van der Waals surface area contributed by atoms with E-state index in [1.54, 1.807) is 35.2 Å². The minimum atomic E-state index is -3.66. The number of hydrogen-bond donors (Lipinski definition) is 1. The molecule has 12 heteroatoms. The van der Waals surface area contributed by atoms with Crippen LogP contribution >= 0.6 is 34.8 Å². The summed E-state index contributed by atoms with van der Waals surface area (Å²) in [5.74, 6) is -0.0253. The maximum atomic E-state index is 13.6. The van der Waals surface area contributed by atoms with Crippen molar-refractivity contribution in [3.63, 3.8) is 0 Å². The van der Waals surface area contributed by atoms with Crippen molar-refractivity contribution in [1.29, 1.82) is 0 Å². The molecule has 40 heavy (non-hydrogen) atoms. The van der Waals surface area contributed by atoms with Crippen LogP contribution in [0.5, 0.6) is 5.75 Å². The Bertz CT molecular complexity index is 1300. The Labute approximate surface area is 251 Å². The third-order valence-electron chi connectivity index (χ3n) is 7.00. The van der Waals surface area contributed by atoms with Crippen LogP contribution in [-0.2, 0) is 26.2 Å². The van der Waals surface area contributed by atoms with E-state index in [4.69, 9.17) is 39.5 Å². The van der Waals surface area contributed by atoms with Gasteiger partial charge in [-0.15, -0.1) is 0 Å². The number of ether oxygens (including phenoxy) is 1. The average Bonchev–Trinajstić information content (AvgIpc) is 3.40. The zero-order valence-electron chi connectivity index (χ0n) is 23.0. The number of carbonyl (C=O) groups excluding carboxylic acids is 2. The first-order valence-electron chi connectivity index (χ1n) is 13.3. The highest BCUT2D eigenvalue weighted by Crippen LogP contribution is 2.31. The highest BCUT2D eigenvalue weighted by atomic mass is 35.5. The molecule has 2 amide bonds. The molecule has 0 spiro atoms. The topological polar surface area (TPSA) is 96.0 Å². The normalized spacial score (nSPS) is 14.6. The van der Waals surface area contributed by atoms with Crippen LogP contribution in [0.4, 0.5) is 5.69 Å². The maximum Gasteiger partial charge on any atom is 0.243 e. The number of methoxy groups -OCH3 is 1. The van der Waals surface area contributed by atoms with E-state index in [9.17, 15) is 18.0 Å². The molecule has 1 fully saturated rings. The first-order valence-corrected chi connectivity index (χ1v) is 16.3. The van der Waals surface area contributed by atoms with Crippen LogP contribution in [0, 0.1) is 0 Å². The zero-order valence-corrected chi connectivity index (χ0v) is 26.0. The number of halogens is 3. The van der Waals surface area contributed by atoms with Gasteiger partial charge in [-0.3, -0.25) is 13.9 Å². The van der Waals surface area contributed by atoms with Crippen LogP contribution in [0.15, 0.2) is 36.4 Å². The Balaban J connectivity index is 1.79. The van der Waals surface area contributed by atoms with Crippen molar-refractivity contribution in [3.05, 3.63) is 57.0 Å². The molecular weight excluding hydrogens is 597 g/mol. The van der Waals surface area contributed by atoms with Gasteiger partial charge >= 0.3 is 0 Å². The predicted octanol–water partition coefficient (Wildman–Crippen LogP) is 6.07. The monoisotopic (exact) mass is 631 g/mol. The molecule has 0 aliphatic heterocycles. The largest absolute Gasteiger partial charge is 0.495 e. The molecule has 1 unspecified atom stereocenters. The van der Waals surface area contributed by atoms with E-state index in [-0.39, 0.29) is 48.8 Å². The molecule has 1 aliphatic carbocycles. The summed E-state index contributed by atoms with van der Waals surface area (Å²) in [6.45, 7) is 2.09. The molecular formula is C28H36Cl3N3O5S. The fraction of sp³-hybridized carbons (Fsp3) is 0.500. The number of anilines is 1. The van der Waals surface area contributed by atoms with Gasteiger partial charge in [0.05, 0.1) is 34.1 Å². The first kappa shape index (κ1) is 32.3. The second kappa shape index (κ2) is 14.6. The Morgan fingerprint density at radius 3 is 2.33 bits per heavy atom. The summed E-state index contributed by atoms with van der Waals surface area (Å²) in [7, 11) is -2.19. The maximum absolute atomic E-state index is 13.6. The van der Waals surface area contributed by atoms with Crippen molar-refractivity contribution in [2.24, 2.45) is 0 Å². The van der Waals surface area contributed by atoms with E-state index in [1.165, 1.54) is 17.5 Å². The van der Waals surface area contributed by atoms with Crippen molar-refractivity contribution in [2.45, 2.75) is 70.5 Å². The summed E-state index contributed by atoms with van der Waals surface area (Å²) < 4.78 is 31.6. The molecule has 1 N–H and O–H groups in total. The summed E-state index contributed by atoms with van der Waals surface area (Å²) >= 11 is 18.5. The molecule has 0 bridgehead atoms. The van der Waals surface area contributed by atoms with E-state index >= 15 is 0 Å². The molecule has 3 rings (SSSR count). The standard InChI is InChI=1S/C28H36Cl3N3O5S/c1-4-25(28(36)32-20-8-5-6-9-20)33(18-19-11-13-22(29)23(30)16-19)27(35)10-7-15-34(40(3,37)38)21-12-14-26(39-2)24(31)17-21/h11-14,16-17,20,25H,4-10,15,18H2,1-3H3,(H,32,36). The summed E-state index contributed by atoms with van der Waals surface area (Å²) in [5, 5.41) is 4.14. The molecule has 0 heterocycles. The highest BCUT2D eigenvalue weighted by molar-refractivity contribution is 7.92. The van der Waals surface area contributed by atoms with Crippen LogP contribution < -0.4 is 14.4 Å². The van der Waals surface area contributed by atoms with Gasteiger partial charge in [-0.1, -0.05) is 60.6 Å². The number of hydrogen-bond acceptors (Lipinski definition) is 5. The SMILES string of the molecule is CCC(C(=O)NC1CCCC1)N(Cc1ccc(Cl)c(Cl)c1)C(=O)CCCN(c1ccc(OC)c(Cl)c1)S(C)(=O)=O. The van der Waals surface area contributed by atoms with Gasteiger partial charge in [-0.05, 0) is 61.6 Å². The van der Waals surface area contributed by atoms with Gasteiger partial charge in [0, 0.05) is 25.6 Å². The summed E-state index contributed by atoms with van der Waals surface area (Å²) in [4.78, 5) is 28.5. The lowest BCUT2D eigenvalue weighted by molar-refractivity contribution is -0.141. The van der Waals surface area contributed by atoms with E-state index in [2.05, 4.69) is 5.32 Å². The Morgan fingerprint density at radius 2 is 1.75 bits per heavy atom. The van der Waals surface area contributed by atoms with Crippen molar-refractivity contribution in [1.82, 2.24) is 10.2 Å². The van der Waals surface area contributed by atoms with E-state index in [1.807, 2.05) is 6.92 Å². The number of sulfonamides is 1. The lowest BCUT2D eigenvalue weighted by Gasteiger charge is -2.32. The second-order valence-electron chi connectivity index (χ2n) is 9.94. The van der Waals surface area contributed by atoms with Gasteiger partial charge in [0.25, 0.3) is 0 Å². The number of carbonyl (C=O) groups is 2. The van der Waals surface area contributed by atoms with Gasteiger partial charge in [-0.2, -0.15) is 0 Å². The van der Waals surface area contributed by atoms with E-state index in [0.717, 1.165) is 37.5 Å². The lowest BCUT2D eigenvalue weighted by atomic mass is 10.1. The van der Waals surface area contributed by atoms with Crippen molar-refractivity contribution >= 4 is 62.3 Å². The molecule has 8 nitrogen and oxygen atoms in total. The fourth-order valence-electron chi connectivity index (χ4n) is 4.94. The third kappa shape index (κ3) is 8.65. The predicted molar refractivity (Wildman–Crippen MR) is 161 cm³/mol. The van der Waals surface area contributed by atoms with Crippen LogP contribution in [0.3, 0.4) is 0 Å². The molecule has 220 valence electrons. The molecule has 1 saturated carbocycles. The van der Waals surface area contributed by atoms with Gasteiger partial charge in [0.2, 0.25) is 21.8 Å². The number of rotatable bonds is 13. The van der Waals surface area contributed by atoms with Crippen molar-refractivity contribution < 1.29 is 22.7 Å². The van der Waals surface area contributed by atoms with E-state index in [0.29, 0.717) is 27.9 Å². The second-order valence-corrected chi connectivity index (χ2v) is 13.1. The van der Waals surface area contributed by atoms with Crippen LogP contribution in [0.2, 0.25) is 15.1 Å². The minimum Gasteiger partial charge on any atom is -0.495 e. The first-order chi connectivity index (χ1) is 18.9. The summed E-state index contributed by atoms with van der Waals surface area (Å²) in [6, 6.07) is 9.25. The van der Waals surface area contributed by atoms with Crippen molar-refractivity contribution in [2.75, 3.05) is 24.2 Å². The molecule has 0 aromatic heterocycles. The molecule has 0 saturated heterocycles. The molecule has 0 radical (unpaired) electrons. The number of benzene rings is 2. The minimum absolute atomic E-state index is 0.0322. The van der Waals surface area contributed by atoms with Gasteiger partial charge in [-0.25, -0.2) is 8.42 Å². The molecule has 2 aromatic carbocycles. The van der Waals surface area contributed by atoms with Crippen LogP contribution in [-0.4, -0.2) is 57.1 Å². The van der Waals surface area contributed by atoms with Crippen LogP contribution in [0.25, 0.3) is 0 Å². The molecule has 1 atom stereocenters. The Hall–Kier alpha value is -2.20. The Morgan fingerprint density at radius 1 is 1.05 bits per heavy atom. The Kier molecular flexibility index (Phi) is 11.8. The molecule has 2 aromatic rings. The summed E-state index contributed by atoms with van der Waals surface area (Å²) in [5.41, 5.74) is 1.11.